The van der Waals surface area contributed by atoms with E-state index in [-0.39, 0.29) is 6.61 Å². The molecule has 0 saturated heterocycles. The summed E-state index contributed by atoms with van der Waals surface area (Å²) in [7, 11) is 7.12. The van der Waals surface area contributed by atoms with Gasteiger partial charge in [-0.05, 0) is 121 Å². The van der Waals surface area contributed by atoms with Crippen LogP contribution in [0.3, 0.4) is 0 Å². The minimum Gasteiger partial charge on any atom is -0.492 e. The van der Waals surface area contributed by atoms with Gasteiger partial charge in [-0.3, -0.25) is 19.2 Å². The molecule has 0 fully saturated rings. The Hall–Kier alpha value is -8.94. The first-order valence-corrected chi connectivity index (χ1v) is 26.2. The van der Waals surface area contributed by atoms with E-state index >= 15 is 0 Å². The second kappa shape index (κ2) is 31.7. The fourth-order valence-electron chi connectivity index (χ4n) is 9.03. The number of carboxylic acid groups (broad SMARTS) is 6. The number of allylic oxidation sites excluding steroid dienone is 2. The molecule has 6 aromatic carbocycles. The molecule has 82 heavy (non-hydrogen) atoms. The molecule has 0 saturated carbocycles. The Morgan fingerprint density at radius 3 is 1.09 bits per heavy atom. The van der Waals surface area contributed by atoms with Gasteiger partial charge in [-0.1, -0.05) is 159 Å². The molecule has 434 valence electrons. The van der Waals surface area contributed by atoms with E-state index < -0.39 is 78.2 Å². The van der Waals surface area contributed by atoms with Gasteiger partial charge in [0.05, 0.1) is 25.3 Å². The van der Waals surface area contributed by atoms with Crippen LogP contribution in [0.25, 0.3) is 22.3 Å². The molecule has 0 aliphatic heterocycles. The Labute approximate surface area is 477 Å². The molecular weight excluding hydrogens is 1050 g/mol. The van der Waals surface area contributed by atoms with Crippen LogP contribution >= 0.6 is 0 Å². The quantitative estimate of drug-likeness (QED) is 0.0223. The van der Waals surface area contributed by atoms with Crippen molar-refractivity contribution in [2.75, 3.05) is 47.9 Å². The number of hydrogen-bond acceptors (Lipinski definition) is 12. The van der Waals surface area contributed by atoms with Gasteiger partial charge in [-0.2, -0.15) is 0 Å². The fraction of sp³-hybridized carbons (Fsp3) is 0.281. The summed E-state index contributed by atoms with van der Waals surface area (Å²) in [5, 5.41) is 73.2. The Morgan fingerprint density at radius 2 is 0.793 bits per heavy atom. The molecule has 3 unspecified atom stereocenters. The van der Waals surface area contributed by atoms with Gasteiger partial charge >= 0.3 is 35.8 Å². The van der Waals surface area contributed by atoms with Crippen molar-refractivity contribution in [2.45, 2.75) is 63.2 Å². The minimum atomic E-state index is -3.05. The second-order valence-corrected chi connectivity index (χ2v) is 19.5. The number of aliphatic carboxylic acids is 6. The molecule has 6 aromatic rings. The van der Waals surface area contributed by atoms with Gasteiger partial charge in [0, 0.05) is 6.54 Å². The number of rotatable bonds is 27. The SMILES string of the molecule is CC/C(=C(\c1ccccc1)c1ccc(OCCN(C)C)cc1)c1ccccc1.CCC(=C(c1ccccc1)c1ccc(OCC(C(C(=O)O)C(O)(CC(=O)O)C(=O)O)N(C)C)cc1)c1ccccc1.O=C(O)CC(O)(CC(=O)O)C(=O)O. The van der Waals surface area contributed by atoms with Crippen molar-refractivity contribution in [2.24, 2.45) is 5.92 Å². The lowest BCUT2D eigenvalue weighted by molar-refractivity contribution is -0.184. The second-order valence-electron chi connectivity index (χ2n) is 19.5. The highest BCUT2D eigenvalue weighted by Gasteiger charge is 2.54. The zero-order valence-corrected chi connectivity index (χ0v) is 46.7. The predicted molar refractivity (Wildman–Crippen MR) is 311 cm³/mol. The van der Waals surface area contributed by atoms with E-state index in [2.05, 4.69) is 130 Å². The standard InChI is InChI=1S/C32H35NO8.C26H29NO.C6H8O7/c1-4-25(21-11-7-5-8-12-21)28(22-13-9-6-10-14-22)23-15-17-24(18-16-23)41-20-26(33(2)3)29(30(36)37)32(40,31(38)39)19-27(34)35;1-4-25(21-11-7-5-8-12-21)26(22-13-9-6-10-14-22)23-15-17-24(18-16-23)28-20-19-27(2)3;7-3(8)1-6(13,5(11)12)2-4(9)10/h5-18,26,29,40H,4,19-20H2,1-3H3,(H,34,35)(H,36,37)(H,38,39);5-18H,4,19-20H2,1-3H3;13H,1-2H2,(H,7,8)(H,9,10)(H,11,12)/b;26-25-;. The lowest BCUT2D eigenvalue weighted by Crippen LogP contribution is -2.59. The molecule has 0 spiro atoms. The Balaban J connectivity index is 0.000000302. The summed E-state index contributed by atoms with van der Waals surface area (Å²) in [5.74, 6) is -10.9. The molecule has 0 aromatic heterocycles. The maximum atomic E-state index is 12.1. The van der Waals surface area contributed by atoms with Crippen LogP contribution in [0.15, 0.2) is 170 Å². The molecule has 0 heterocycles. The third-order valence-corrected chi connectivity index (χ3v) is 13.1. The van der Waals surface area contributed by atoms with E-state index in [0.29, 0.717) is 12.4 Å². The van der Waals surface area contributed by atoms with Crippen molar-refractivity contribution in [1.82, 2.24) is 9.80 Å². The van der Waals surface area contributed by atoms with Crippen molar-refractivity contribution in [3.8, 4) is 11.5 Å². The lowest BCUT2D eigenvalue weighted by Gasteiger charge is -2.37. The molecule has 3 atom stereocenters. The number of hydrogen-bond donors (Lipinski definition) is 8. The highest BCUT2D eigenvalue weighted by molar-refractivity contribution is 6.00. The number of carboxylic acids is 6. The van der Waals surface area contributed by atoms with E-state index in [4.69, 9.17) is 29.9 Å². The van der Waals surface area contributed by atoms with Gasteiger partial charge in [0.25, 0.3) is 0 Å². The zero-order valence-electron chi connectivity index (χ0n) is 46.7. The maximum Gasteiger partial charge on any atom is 0.337 e. The third kappa shape index (κ3) is 19.1. The monoisotopic (exact) mass is 1120 g/mol. The molecule has 0 amide bonds. The molecule has 18 heteroatoms. The van der Waals surface area contributed by atoms with Crippen LogP contribution in [-0.4, -0.2) is 152 Å². The fourth-order valence-corrected chi connectivity index (χ4v) is 9.03. The number of aliphatic hydroxyl groups is 2. The zero-order chi connectivity index (χ0) is 60.6. The van der Waals surface area contributed by atoms with Crippen LogP contribution in [0.2, 0.25) is 0 Å². The molecule has 0 bridgehead atoms. The van der Waals surface area contributed by atoms with Crippen LogP contribution in [0, 0.1) is 5.92 Å². The number of benzene rings is 6. The summed E-state index contributed by atoms with van der Waals surface area (Å²) in [6, 6.07) is 56.0. The van der Waals surface area contributed by atoms with Crippen molar-refractivity contribution >= 4 is 58.1 Å². The first kappa shape index (κ1) is 65.6. The number of likely N-dealkylation sites (N-methyl/N-ethyl adjacent to an activating group) is 2. The largest absolute Gasteiger partial charge is 0.492 e. The first-order chi connectivity index (χ1) is 39.0. The van der Waals surface area contributed by atoms with Crippen LogP contribution in [-0.2, 0) is 28.8 Å². The Kier molecular flexibility index (Phi) is 25.4. The molecular formula is C64H72N2O16. The highest BCUT2D eigenvalue weighted by Crippen LogP contribution is 2.37. The van der Waals surface area contributed by atoms with Crippen molar-refractivity contribution in [3.63, 3.8) is 0 Å². The smallest absolute Gasteiger partial charge is 0.337 e. The highest BCUT2D eigenvalue weighted by atomic mass is 16.5. The first-order valence-electron chi connectivity index (χ1n) is 26.2. The molecule has 0 aliphatic carbocycles. The maximum absolute atomic E-state index is 12.1. The summed E-state index contributed by atoms with van der Waals surface area (Å²) >= 11 is 0. The Morgan fingerprint density at radius 1 is 0.451 bits per heavy atom. The molecule has 6 rings (SSSR count). The number of carbonyl (C=O) groups is 6. The van der Waals surface area contributed by atoms with E-state index in [1.807, 2.05) is 60.7 Å². The van der Waals surface area contributed by atoms with Gasteiger partial charge in [-0.25, -0.2) is 9.59 Å². The minimum absolute atomic E-state index is 0.315. The molecule has 0 radical (unpaired) electrons. The van der Waals surface area contributed by atoms with Gasteiger partial charge in [-0.15, -0.1) is 0 Å². The third-order valence-electron chi connectivity index (χ3n) is 13.1. The van der Waals surface area contributed by atoms with Crippen molar-refractivity contribution in [3.05, 3.63) is 203 Å². The van der Waals surface area contributed by atoms with Crippen LogP contribution in [0.4, 0.5) is 0 Å². The van der Waals surface area contributed by atoms with Crippen LogP contribution in [0.5, 0.6) is 11.5 Å². The summed E-state index contributed by atoms with van der Waals surface area (Å²) in [6.45, 7) is 5.61. The summed E-state index contributed by atoms with van der Waals surface area (Å²) in [4.78, 5) is 69.3. The summed E-state index contributed by atoms with van der Waals surface area (Å²) in [6.07, 6.45) is -1.82. The average Bonchev–Trinajstić information content (AvgIpc) is 3.55. The van der Waals surface area contributed by atoms with Crippen LogP contribution in [0.1, 0.15) is 79.3 Å². The summed E-state index contributed by atoms with van der Waals surface area (Å²) < 4.78 is 11.8. The van der Waals surface area contributed by atoms with Gasteiger partial charge in [0.1, 0.15) is 30.6 Å². The average molecular weight is 1130 g/mol. The number of nitrogens with zero attached hydrogens (tertiary/aromatic N) is 2. The molecule has 8 N–H and O–H groups in total. The van der Waals surface area contributed by atoms with Crippen molar-refractivity contribution < 1.29 is 79.1 Å². The normalized spacial score (nSPS) is 13.2. The Bertz CT molecular complexity index is 3080. The molecule has 18 nitrogen and oxygen atoms in total. The van der Waals surface area contributed by atoms with Gasteiger partial charge in [0.15, 0.2) is 11.2 Å². The van der Waals surface area contributed by atoms with Gasteiger partial charge in [0.2, 0.25) is 0 Å². The van der Waals surface area contributed by atoms with E-state index in [1.54, 1.807) is 12.1 Å². The lowest BCUT2D eigenvalue weighted by atomic mass is 9.79. The topological polar surface area (TPSA) is 289 Å². The van der Waals surface area contributed by atoms with E-state index in [1.165, 1.54) is 46.8 Å². The van der Waals surface area contributed by atoms with E-state index in [0.717, 1.165) is 53.0 Å². The summed E-state index contributed by atoms with van der Waals surface area (Å²) in [5.41, 5.74) is 5.89. The molecule has 0 aliphatic rings. The number of ether oxygens (including phenoxy) is 2. The predicted octanol–water partition coefficient (Wildman–Crippen LogP) is 9.10. The van der Waals surface area contributed by atoms with Crippen LogP contribution < -0.4 is 9.47 Å². The van der Waals surface area contributed by atoms with Gasteiger partial charge < -0.3 is 60.1 Å². The van der Waals surface area contributed by atoms with Crippen molar-refractivity contribution in [1.29, 1.82) is 0 Å². The van der Waals surface area contributed by atoms with E-state index in [9.17, 15) is 49.2 Å².